The monoisotopic (exact) mass is 510 g/mol. The van der Waals surface area contributed by atoms with Crippen LogP contribution in [0.1, 0.15) is 61.4 Å². The first-order chi connectivity index (χ1) is 17.3. The molecule has 1 atom stereocenters. The van der Waals surface area contributed by atoms with Gasteiger partial charge in [0.1, 0.15) is 17.2 Å². The predicted molar refractivity (Wildman–Crippen MR) is 136 cm³/mol. The molecule has 2 N–H and O–H groups in total. The smallest absolute Gasteiger partial charge is 0.306 e. The Morgan fingerprint density at radius 2 is 2.03 bits per heavy atom. The van der Waals surface area contributed by atoms with E-state index in [1.807, 2.05) is 37.1 Å². The normalized spacial score (nSPS) is 18.9. The Labute approximate surface area is 213 Å². The van der Waals surface area contributed by atoms with Crippen LogP contribution in [0.4, 0.5) is 4.39 Å². The van der Waals surface area contributed by atoms with Gasteiger partial charge in [0.15, 0.2) is 0 Å². The van der Waals surface area contributed by atoms with E-state index in [0.29, 0.717) is 24.2 Å². The number of carboxylic acid groups (broad SMARTS) is 1. The number of aromatic amines is 1. The van der Waals surface area contributed by atoms with Crippen molar-refractivity contribution in [2.75, 3.05) is 7.11 Å². The fourth-order valence-corrected chi connectivity index (χ4v) is 5.78. The number of benzene rings is 1. The van der Waals surface area contributed by atoms with E-state index in [0.717, 1.165) is 46.3 Å². The number of hydrogen-bond donors (Lipinski definition) is 2. The molecule has 9 heteroatoms. The largest absolute Gasteiger partial charge is 0.496 e. The van der Waals surface area contributed by atoms with Gasteiger partial charge in [-0.3, -0.25) is 9.48 Å². The summed E-state index contributed by atoms with van der Waals surface area (Å²) in [5, 5.41) is 14.9. The van der Waals surface area contributed by atoms with Crippen molar-refractivity contribution < 1.29 is 19.0 Å². The molecule has 1 aliphatic rings. The third-order valence-electron chi connectivity index (χ3n) is 7.52. The van der Waals surface area contributed by atoms with Crippen LogP contribution in [0, 0.1) is 18.7 Å². The summed E-state index contributed by atoms with van der Waals surface area (Å²) in [7, 11) is 1.54. The van der Waals surface area contributed by atoms with Crippen LogP contribution in [0.25, 0.3) is 22.2 Å². The molecule has 3 heterocycles. The lowest BCUT2D eigenvalue weighted by Crippen LogP contribution is -2.24. The van der Waals surface area contributed by atoms with Crippen LogP contribution in [-0.2, 0) is 4.79 Å². The van der Waals surface area contributed by atoms with Crippen molar-refractivity contribution in [2.45, 2.75) is 51.5 Å². The number of fused-ring (bicyclic) bond motifs is 1. The van der Waals surface area contributed by atoms with Crippen LogP contribution in [0.5, 0.6) is 5.75 Å². The highest BCUT2D eigenvalue weighted by Gasteiger charge is 2.28. The average molecular weight is 511 g/mol. The van der Waals surface area contributed by atoms with Gasteiger partial charge in [-0.15, -0.1) is 0 Å². The van der Waals surface area contributed by atoms with Crippen LogP contribution >= 0.6 is 11.6 Å². The summed E-state index contributed by atoms with van der Waals surface area (Å²) in [4.78, 5) is 19.2. The number of methoxy groups -OCH3 is 1. The predicted octanol–water partition coefficient (Wildman–Crippen LogP) is 6.50. The summed E-state index contributed by atoms with van der Waals surface area (Å²) in [5.41, 5.74) is 5.18. The Balaban J connectivity index is 1.49. The number of rotatable bonds is 6. The van der Waals surface area contributed by atoms with Gasteiger partial charge in [-0.25, -0.2) is 9.37 Å². The van der Waals surface area contributed by atoms with E-state index >= 15 is 0 Å². The number of halogens is 2. The number of ether oxygens (including phenoxy) is 1. The second kappa shape index (κ2) is 9.58. The molecule has 0 radical (unpaired) electrons. The topological polar surface area (TPSA) is 93.0 Å². The molecule has 188 valence electrons. The first-order valence-corrected chi connectivity index (χ1v) is 12.4. The van der Waals surface area contributed by atoms with E-state index in [9.17, 15) is 14.3 Å². The molecule has 3 aromatic heterocycles. The highest BCUT2D eigenvalue weighted by molar-refractivity contribution is 6.31. The molecule has 5 rings (SSSR count). The Hall–Kier alpha value is -3.39. The fourth-order valence-electron chi connectivity index (χ4n) is 5.46. The molecule has 1 fully saturated rings. The quantitative estimate of drug-likeness (QED) is 0.308. The lowest BCUT2D eigenvalue weighted by atomic mass is 9.86. The third kappa shape index (κ3) is 4.13. The van der Waals surface area contributed by atoms with Gasteiger partial charge in [0.2, 0.25) is 0 Å². The summed E-state index contributed by atoms with van der Waals surface area (Å²) in [6.07, 6.45) is 8.47. The maximum atomic E-state index is 14.3. The van der Waals surface area contributed by atoms with Crippen molar-refractivity contribution in [3.05, 3.63) is 64.5 Å². The first kappa shape index (κ1) is 24.3. The van der Waals surface area contributed by atoms with Crippen LogP contribution in [0.3, 0.4) is 0 Å². The van der Waals surface area contributed by atoms with Crippen molar-refractivity contribution in [2.24, 2.45) is 5.92 Å². The van der Waals surface area contributed by atoms with Crippen LogP contribution in [0.15, 0.2) is 36.8 Å². The van der Waals surface area contributed by atoms with Crippen molar-refractivity contribution in [3.63, 3.8) is 0 Å². The fraction of sp³-hybridized carbons (Fsp3) is 0.370. The highest BCUT2D eigenvalue weighted by atomic mass is 35.5. The van der Waals surface area contributed by atoms with Crippen LogP contribution in [0.2, 0.25) is 5.02 Å². The highest BCUT2D eigenvalue weighted by Crippen LogP contribution is 2.41. The number of carboxylic acids is 1. The van der Waals surface area contributed by atoms with Gasteiger partial charge in [-0.2, -0.15) is 5.10 Å². The molecule has 36 heavy (non-hydrogen) atoms. The van der Waals surface area contributed by atoms with Crippen molar-refractivity contribution in [1.82, 2.24) is 19.7 Å². The van der Waals surface area contributed by atoms with Crippen LogP contribution < -0.4 is 4.74 Å². The second-order valence-electron chi connectivity index (χ2n) is 9.50. The van der Waals surface area contributed by atoms with E-state index < -0.39 is 11.8 Å². The molecule has 0 spiro atoms. The van der Waals surface area contributed by atoms with Gasteiger partial charge < -0.3 is 14.8 Å². The minimum atomic E-state index is -0.709. The number of nitrogens with one attached hydrogen (secondary N) is 1. The van der Waals surface area contributed by atoms with E-state index in [-0.39, 0.29) is 22.9 Å². The zero-order chi connectivity index (χ0) is 25.6. The first-order valence-electron chi connectivity index (χ1n) is 12.1. The Morgan fingerprint density at radius 3 is 2.72 bits per heavy atom. The molecule has 4 aromatic rings. The number of H-pyrrole nitrogens is 1. The number of carbonyl (C=O) groups is 1. The van der Waals surface area contributed by atoms with Gasteiger partial charge in [0.05, 0.1) is 30.3 Å². The van der Waals surface area contributed by atoms with Gasteiger partial charge in [-0.05, 0) is 56.4 Å². The van der Waals surface area contributed by atoms with Crippen LogP contribution in [-0.4, -0.2) is 37.9 Å². The SMILES string of the molecule is COc1ccc(F)c(Cl)c1[C@@H](C)c1c[nH]c2ncc(-c3cnn([C@H]4CC[C@H](C(=O)O)CC4)c3C)cc12. The molecule has 0 bridgehead atoms. The molecule has 0 aliphatic heterocycles. The maximum Gasteiger partial charge on any atom is 0.306 e. The zero-order valence-corrected chi connectivity index (χ0v) is 21.1. The minimum absolute atomic E-state index is 0.0510. The third-order valence-corrected chi connectivity index (χ3v) is 7.91. The summed E-state index contributed by atoms with van der Waals surface area (Å²) in [6, 6.07) is 5.16. The van der Waals surface area contributed by atoms with E-state index in [1.165, 1.54) is 6.07 Å². The lowest BCUT2D eigenvalue weighted by Gasteiger charge is -2.27. The van der Waals surface area contributed by atoms with Crippen molar-refractivity contribution in [3.8, 4) is 16.9 Å². The molecule has 1 aliphatic carbocycles. The molecule has 1 saturated carbocycles. The minimum Gasteiger partial charge on any atom is -0.496 e. The number of pyridine rings is 1. The van der Waals surface area contributed by atoms with E-state index in [1.54, 1.807) is 13.2 Å². The molecular weight excluding hydrogens is 483 g/mol. The van der Waals surface area contributed by atoms with E-state index in [4.69, 9.17) is 16.3 Å². The molecular formula is C27H28ClFN4O3. The molecule has 1 aromatic carbocycles. The van der Waals surface area contributed by atoms with Crippen molar-refractivity contribution >= 4 is 28.6 Å². The Bertz CT molecular complexity index is 1440. The summed E-state index contributed by atoms with van der Waals surface area (Å²) >= 11 is 6.37. The number of aromatic nitrogens is 4. The number of nitrogens with zero attached hydrogens (tertiary/aromatic N) is 3. The van der Waals surface area contributed by atoms with Gasteiger partial charge in [-0.1, -0.05) is 18.5 Å². The Morgan fingerprint density at radius 1 is 1.28 bits per heavy atom. The molecule has 7 nitrogen and oxygen atoms in total. The molecule has 0 amide bonds. The van der Waals surface area contributed by atoms with E-state index in [2.05, 4.69) is 21.1 Å². The summed E-state index contributed by atoms with van der Waals surface area (Å²) < 4.78 is 21.8. The summed E-state index contributed by atoms with van der Waals surface area (Å²) in [5.74, 6) is -1.18. The van der Waals surface area contributed by atoms with Gasteiger partial charge in [0.25, 0.3) is 0 Å². The number of hydrogen-bond acceptors (Lipinski definition) is 4. The lowest BCUT2D eigenvalue weighted by molar-refractivity contribution is -0.143. The molecule has 0 unspecified atom stereocenters. The average Bonchev–Trinajstić information content (AvgIpc) is 3.48. The van der Waals surface area contributed by atoms with Gasteiger partial charge >= 0.3 is 5.97 Å². The summed E-state index contributed by atoms with van der Waals surface area (Å²) in [6.45, 7) is 4.00. The number of aliphatic carboxylic acids is 1. The maximum absolute atomic E-state index is 14.3. The standard InChI is InChI=1S/C27H28ClFN4O3/c1-14(24-23(36-3)9-8-22(29)25(24)28)20-12-31-26-19(20)10-17(11-30-26)21-13-32-33(15(21)2)18-6-4-16(5-7-18)27(34)35/h8-14,16,18H,4-7H2,1-3H3,(H,30,31)(H,34,35)/t14-,16-,18-/m0/s1. The van der Waals surface area contributed by atoms with Crippen molar-refractivity contribution in [1.29, 1.82) is 0 Å². The Kier molecular flexibility index (Phi) is 6.47. The molecule has 0 saturated heterocycles. The van der Waals surface area contributed by atoms with Gasteiger partial charge in [0, 0.05) is 46.1 Å². The second-order valence-corrected chi connectivity index (χ2v) is 9.87. The zero-order valence-electron chi connectivity index (χ0n) is 20.4.